The Labute approximate surface area is 183 Å². The number of anilines is 1. The number of hydrogen-bond donors (Lipinski definition) is 2. The molecule has 2 aromatic heterocycles. The molecule has 0 radical (unpaired) electrons. The molecule has 2 fully saturated rings. The van der Waals surface area contributed by atoms with Crippen molar-refractivity contribution in [1.29, 1.82) is 0 Å². The number of nitrogens with one attached hydrogen (secondary N) is 2. The average molecular weight is 428 g/mol. The standard InChI is InChI=1S/C23H20N6O3/c1-12-6-13-2-5-18(9-14(13)7-12)32-23-27-20-16(8-15-10-19(30)26-21(15)31)11-24-29(20)22(28-23)25-17-3-4-17/h2,5,7-9,11,17H,3-4,6,10H2,1H3,(H,25,27,28)(H,26,30,31)/b15-8+. The molecule has 9 nitrogen and oxygen atoms in total. The van der Waals surface area contributed by atoms with Gasteiger partial charge in [0.05, 0.1) is 12.6 Å². The van der Waals surface area contributed by atoms with Crippen LogP contribution in [0.3, 0.4) is 0 Å². The van der Waals surface area contributed by atoms with E-state index in [0.717, 1.165) is 24.8 Å². The number of fused-ring (bicyclic) bond motifs is 2. The van der Waals surface area contributed by atoms with Gasteiger partial charge in [0.1, 0.15) is 5.75 Å². The molecule has 0 bridgehead atoms. The normalized spacial score (nSPS) is 18.8. The Morgan fingerprint density at radius 2 is 2.09 bits per heavy atom. The van der Waals surface area contributed by atoms with E-state index in [0.29, 0.717) is 34.5 Å². The molecule has 32 heavy (non-hydrogen) atoms. The summed E-state index contributed by atoms with van der Waals surface area (Å²) in [6.45, 7) is 2.11. The maximum atomic E-state index is 12.0. The summed E-state index contributed by atoms with van der Waals surface area (Å²) in [5.41, 5.74) is 5.22. The van der Waals surface area contributed by atoms with Gasteiger partial charge >= 0.3 is 6.01 Å². The Hall–Kier alpha value is -4.01. The van der Waals surface area contributed by atoms with Gasteiger partial charge in [0, 0.05) is 17.2 Å². The van der Waals surface area contributed by atoms with Crippen LogP contribution < -0.4 is 15.4 Å². The number of nitrogens with zero attached hydrogens (tertiary/aromatic N) is 4. The highest BCUT2D eigenvalue weighted by Gasteiger charge is 2.26. The summed E-state index contributed by atoms with van der Waals surface area (Å²) in [5, 5.41) is 10.0. The van der Waals surface area contributed by atoms with Crippen LogP contribution in [-0.4, -0.2) is 37.4 Å². The third-order valence-electron chi connectivity index (χ3n) is 5.71. The Bertz CT molecular complexity index is 1370. The second kappa shape index (κ2) is 7.01. The van der Waals surface area contributed by atoms with Gasteiger partial charge in [-0.15, -0.1) is 0 Å². The van der Waals surface area contributed by atoms with E-state index in [9.17, 15) is 9.59 Å². The molecule has 1 saturated carbocycles. The maximum Gasteiger partial charge on any atom is 0.327 e. The van der Waals surface area contributed by atoms with Gasteiger partial charge < -0.3 is 10.1 Å². The number of benzene rings is 1. The van der Waals surface area contributed by atoms with Crippen LogP contribution in [0.1, 0.15) is 42.9 Å². The summed E-state index contributed by atoms with van der Waals surface area (Å²) in [6.07, 6.45) is 8.54. The summed E-state index contributed by atoms with van der Waals surface area (Å²) in [7, 11) is 0. The molecule has 0 unspecified atom stereocenters. The van der Waals surface area contributed by atoms with Crippen molar-refractivity contribution in [3.8, 4) is 11.8 Å². The number of ether oxygens (including phenoxy) is 1. The fourth-order valence-electron chi connectivity index (χ4n) is 3.99. The van der Waals surface area contributed by atoms with Crippen molar-refractivity contribution in [3.05, 3.63) is 52.2 Å². The summed E-state index contributed by atoms with van der Waals surface area (Å²) >= 11 is 0. The lowest BCUT2D eigenvalue weighted by molar-refractivity contribution is -0.124. The van der Waals surface area contributed by atoms with Crippen molar-refractivity contribution in [1.82, 2.24) is 24.9 Å². The first-order valence-electron chi connectivity index (χ1n) is 10.6. The van der Waals surface area contributed by atoms with Gasteiger partial charge in [0.15, 0.2) is 5.65 Å². The number of aromatic nitrogens is 4. The minimum atomic E-state index is -0.391. The Balaban J connectivity index is 1.40. The first-order valence-corrected chi connectivity index (χ1v) is 10.6. The summed E-state index contributed by atoms with van der Waals surface area (Å²) in [5.74, 6) is 0.476. The second-order valence-corrected chi connectivity index (χ2v) is 8.44. The van der Waals surface area contributed by atoms with E-state index in [-0.39, 0.29) is 18.3 Å². The third-order valence-corrected chi connectivity index (χ3v) is 5.71. The predicted octanol–water partition coefficient (Wildman–Crippen LogP) is 2.88. The molecule has 3 aromatic rings. The predicted molar refractivity (Wildman–Crippen MR) is 117 cm³/mol. The van der Waals surface area contributed by atoms with E-state index < -0.39 is 5.91 Å². The smallest absolute Gasteiger partial charge is 0.327 e. The van der Waals surface area contributed by atoms with Crippen molar-refractivity contribution in [3.63, 3.8) is 0 Å². The van der Waals surface area contributed by atoms with Crippen LogP contribution in [-0.2, 0) is 16.0 Å². The Morgan fingerprint density at radius 1 is 1.22 bits per heavy atom. The quantitative estimate of drug-likeness (QED) is 0.475. The SMILES string of the molecule is CC1=Cc2cc(Oc3nc(NC4CC4)n4ncc(/C=C5\CC(=O)NC5=O)c4n3)ccc2C1. The number of allylic oxidation sites excluding steroid dienone is 1. The van der Waals surface area contributed by atoms with E-state index >= 15 is 0 Å². The summed E-state index contributed by atoms with van der Waals surface area (Å²) in [4.78, 5) is 32.6. The van der Waals surface area contributed by atoms with Gasteiger partial charge in [0.25, 0.3) is 5.91 Å². The van der Waals surface area contributed by atoms with Crippen LogP contribution in [0, 0.1) is 0 Å². The van der Waals surface area contributed by atoms with Gasteiger partial charge in [0.2, 0.25) is 11.9 Å². The highest BCUT2D eigenvalue weighted by atomic mass is 16.5. The summed E-state index contributed by atoms with van der Waals surface area (Å²) in [6, 6.07) is 6.50. The number of carbonyl (C=O) groups excluding carboxylic acids is 2. The van der Waals surface area contributed by atoms with Gasteiger partial charge in [-0.1, -0.05) is 17.7 Å². The van der Waals surface area contributed by atoms with Crippen molar-refractivity contribution in [2.24, 2.45) is 0 Å². The molecule has 6 rings (SSSR count). The van der Waals surface area contributed by atoms with Crippen molar-refractivity contribution >= 4 is 35.6 Å². The zero-order valence-electron chi connectivity index (χ0n) is 17.4. The van der Waals surface area contributed by atoms with Crippen molar-refractivity contribution in [2.45, 2.75) is 38.6 Å². The lowest BCUT2D eigenvalue weighted by Crippen LogP contribution is -2.19. The number of imide groups is 1. The highest BCUT2D eigenvalue weighted by Crippen LogP contribution is 2.31. The van der Waals surface area contributed by atoms with Gasteiger partial charge in [-0.05, 0) is 55.5 Å². The zero-order valence-corrected chi connectivity index (χ0v) is 17.4. The minimum Gasteiger partial charge on any atom is -0.424 e. The molecule has 3 heterocycles. The van der Waals surface area contributed by atoms with Crippen LogP contribution in [0.25, 0.3) is 17.8 Å². The number of amides is 2. The Kier molecular flexibility index (Phi) is 4.11. The number of hydrogen-bond acceptors (Lipinski definition) is 7. The van der Waals surface area contributed by atoms with E-state index in [1.807, 2.05) is 12.1 Å². The maximum absolute atomic E-state index is 12.0. The molecule has 1 aliphatic heterocycles. The first kappa shape index (κ1) is 18.7. The lowest BCUT2D eigenvalue weighted by atomic mass is 10.1. The molecular weight excluding hydrogens is 408 g/mol. The fourth-order valence-corrected chi connectivity index (χ4v) is 3.99. The molecule has 2 amide bonds. The number of carbonyl (C=O) groups is 2. The molecular formula is C23H20N6O3. The molecule has 0 spiro atoms. The molecule has 1 aromatic carbocycles. The van der Waals surface area contributed by atoms with Crippen molar-refractivity contribution in [2.75, 3.05) is 5.32 Å². The molecule has 2 N–H and O–H groups in total. The second-order valence-electron chi connectivity index (χ2n) is 8.44. The lowest BCUT2D eigenvalue weighted by Gasteiger charge is -2.10. The first-order chi connectivity index (χ1) is 15.5. The molecule has 1 saturated heterocycles. The topological polar surface area (TPSA) is 111 Å². The fraction of sp³-hybridized carbons (Fsp3) is 0.261. The summed E-state index contributed by atoms with van der Waals surface area (Å²) < 4.78 is 7.63. The van der Waals surface area contributed by atoms with Crippen LogP contribution in [0.5, 0.6) is 11.8 Å². The van der Waals surface area contributed by atoms with Crippen LogP contribution >= 0.6 is 0 Å². The monoisotopic (exact) mass is 428 g/mol. The highest BCUT2D eigenvalue weighted by molar-refractivity contribution is 6.15. The van der Waals surface area contributed by atoms with Gasteiger partial charge in [-0.25, -0.2) is 0 Å². The van der Waals surface area contributed by atoms with Crippen LogP contribution in [0.4, 0.5) is 5.95 Å². The Morgan fingerprint density at radius 3 is 2.88 bits per heavy atom. The van der Waals surface area contributed by atoms with Gasteiger partial charge in [-0.3, -0.25) is 14.9 Å². The molecule has 3 aliphatic rings. The van der Waals surface area contributed by atoms with Gasteiger partial charge in [-0.2, -0.15) is 19.6 Å². The van der Waals surface area contributed by atoms with E-state index in [4.69, 9.17) is 4.74 Å². The minimum absolute atomic E-state index is 0.0415. The molecule has 2 aliphatic carbocycles. The average Bonchev–Trinajstić information content (AvgIpc) is 3.21. The molecule has 9 heteroatoms. The van der Waals surface area contributed by atoms with E-state index in [1.165, 1.54) is 11.1 Å². The van der Waals surface area contributed by atoms with Crippen LogP contribution in [0.15, 0.2) is 35.5 Å². The van der Waals surface area contributed by atoms with E-state index in [2.05, 4.69) is 44.8 Å². The largest absolute Gasteiger partial charge is 0.424 e. The zero-order chi connectivity index (χ0) is 21.8. The molecule has 160 valence electrons. The third kappa shape index (κ3) is 3.41. The number of rotatable bonds is 5. The van der Waals surface area contributed by atoms with E-state index in [1.54, 1.807) is 16.8 Å². The molecule has 0 atom stereocenters. The van der Waals surface area contributed by atoms with Crippen LogP contribution in [0.2, 0.25) is 0 Å². The van der Waals surface area contributed by atoms with Crippen molar-refractivity contribution < 1.29 is 14.3 Å².